The van der Waals surface area contributed by atoms with Crippen molar-refractivity contribution in [2.24, 2.45) is 5.92 Å². The molecule has 0 spiro atoms. The summed E-state index contributed by atoms with van der Waals surface area (Å²) in [7, 11) is 0. The average Bonchev–Trinajstić information content (AvgIpc) is 2.34. The Hall–Kier alpha value is -0.720. The van der Waals surface area contributed by atoms with E-state index in [1.165, 1.54) is 16.9 Å². The number of hydrogen-bond donors (Lipinski definition) is 0. The van der Waals surface area contributed by atoms with Gasteiger partial charge in [0.25, 0.3) is 0 Å². The highest BCUT2D eigenvalue weighted by atomic mass is 16.5. The highest BCUT2D eigenvalue weighted by Crippen LogP contribution is 2.35. The third-order valence-electron chi connectivity index (χ3n) is 2.48. The lowest BCUT2D eigenvalue weighted by Gasteiger charge is -2.16. The maximum Gasteiger partial charge on any atom is 0.100 e. The Morgan fingerprint density at radius 2 is 2.36 bits per heavy atom. The van der Waals surface area contributed by atoms with Gasteiger partial charge in [-0.3, -0.25) is 0 Å². The topological polar surface area (TPSA) is 9.23 Å². The highest BCUT2D eigenvalue weighted by Gasteiger charge is 2.22. The van der Waals surface area contributed by atoms with E-state index in [2.05, 4.69) is 19.9 Å². The van der Waals surface area contributed by atoms with E-state index in [4.69, 9.17) is 4.74 Å². The van der Waals surface area contributed by atoms with Gasteiger partial charge in [0, 0.05) is 12.8 Å². The van der Waals surface area contributed by atoms with Gasteiger partial charge in [-0.2, -0.15) is 0 Å². The summed E-state index contributed by atoms with van der Waals surface area (Å²) in [5.41, 5.74) is 2.92. The molecule has 0 N–H and O–H groups in total. The third kappa shape index (κ3) is 1.09. The van der Waals surface area contributed by atoms with Crippen LogP contribution in [0.3, 0.4) is 0 Å². The molecule has 1 nitrogen and oxygen atoms in total. The van der Waals surface area contributed by atoms with E-state index in [9.17, 15) is 0 Å². The van der Waals surface area contributed by atoms with Gasteiger partial charge in [-0.1, -0.05) is 13.0 Å². The van der Waals surface area contributed by atoms with Gasteiger partial charge in [-0.05, 0) is 24.0 Å². The van der Waals surface area contributed by atoms with E-state index in [0.29, 0.717) is 5.92 Å². The van der Waals surface area contributed by atoms with Crippen molar-refractivity contribution in [2.75, 3.05) is 6.61 Å². The van der Waals surface area contributed by atoms with Gasteiger partial charge in [0.05, 0.1) is 6.61 Å². The number of ether oxygens (including phenoxy) is 1. The van der Waals surface area contributed by atoms with Crippen molar-refractivity contribution >= 4 is 0 Å². The normalized spacial score (nSPS) is 29.6. The van der Waals surface area contributed by atoms with E-state index in [0.717, 1.165) is 19.4 Å². The molecule has 0 saturated heterocycles. The van der Waals surface area contributed by atoms with E-state index in [1.54, 1.807) is 0 Å². The largest absolute Gasteiger partial charge is 0.497 e. The smallest absolute Gasteiger partial charge is 0.100 e. The fraction of sp³-hybridized carbons (Fsp3) is 0.600. The Morgan fingerprint density at radius 1 is 1.55 bits per heavy atom. The lowest BCUT2D eigenvalue weighted by atomic mass is 9.91. The zero-order chi connectivity index (χ0) is 7.84. The van der Waals surface area contributed by atoms with Crippen LogP contribution in [0.4, 0.5) is 0 Å². The van der Waals surface area contributed by atoms with Crippen LogP contribution < -0.4 is 0 Å². The van der Waals surface area contributed by atoms with Crippen molar-refractivity contribution in [3.8, 4) is 0 Å². The van der Waals surface area contributed by atoms with Crippen LogP contribution in [0.2, 0.25) is 0 Å². The SMILES string of the molecule is CC1=CC(C)CC2=C1CCO2. The molecule has 0 saturated carbocycles. The minimum Gasteiger partial charge on any atom is -0.497 e. The molecule has 0 amide bonds. The first-order chi connectivity index (χ1) is 5.27. The maximum absolute atomic E-state index is 5.54. The molecule has 11 heavy (non-hydrogen) atoms. The van der Waals surface area contributed by atoms with Crippen LogP contribution >= 0.6 is 0 Å². The number of hydrogen-bond acceptors (Lipinski definition) is 1. The highest BCUT2D eigenvalue weighted by molar-refractivity contribution is 5.37. The average molecular weight is 150 g/mol. The molecule has 60 valence electrons. The lowest BCUT2D eigenvalue weighted by Crippen LogP contribution is -2.02. The second kappa shape index (κ2) is 2.40. The summed E-state index contributed by atoms with van der Waals surface area (Å²) >= 11 is 0. The van der Waals surface area contributed by atoms with Gasteiger partial charge < -0.3 is 4.74 Å². The molecule has 1 aliphatic carbocycles. The number of allylic oxidation sites excluding steroid dienone is 3. The first kappa shape index (κ1) is 6.96. The molecule has 0 radical (unpaired) electrons. The Labute approximate surface area is 67.7 Å². The van der Waals surface area contributed by atoms with Crippen molar-refractivity contribution in [3.63, 3.8) is 0 Å². The van der Waals surface area contributed by atoms with E-state index < -0.39 is 0 Å². The molecule has 2 rings (SSSR count). The Bertz CT molecular complexity index is 235. The van der Waals surface area contributed by atoms with Crippen LogP contribution in [0.15, 0.2) is 23.0 Å². The zero-order valence-corrected chi connectivity index (χ0v) is 7.18. The first-order valence-electron chi connectivity index (χ1n) is 4.31. The fourth-order valence-electron chi connectivity index (χ4n) is 1.98. The predicted octanol–water partition coefficient (Wildman–Crippen LogP) is 2.65. The van der Waals surface area contributed by atoms with Crippen molar-refractivity contribution in [1.82, 2.24) is 0 Å². The van der Waals surface area contributed by atoms with Gasteiger partial charge in [0.15, 0.2) is 0 Å². The molecule has 0 aromatic rings. The van der Waals surface area contributed by atoms with Crippen LogP contribution in [-0.4, -0.2) is 6.61 Å². The van der Waals surface area contributed by atoms with Crippen LogP contribution in [-0.2, 0) is 4.74 Å². The summed E-state index contributed by atoms with van der Waals surface area (Å²) in [5.74, 6) is 1.93. The molecule has 0 bridgehead atoms. The summed E-state index contributed by atoms with van der Waals surface area (Å²) in [6, 6.07) is 0. The van der Waals surface area contributed by atoms with E-state index in [1.807, 2.05) is 0 Å². The van der Waals surface area contributed by atoms with Gasteiger partial charge in [0.1, 0.15) is 5.76 Å². The molecule has 1 unspecified atom stereocenters. The zero-order valence-electron chi connectivity index (χ0n) is 7.18. The molecule has 1 aliphatic heterocycles. The summed E-state index contributed by atoms with van der Waals surface area (Å²) in [4.78, 5) is 0. The fourth-order valence-corrected chi connectivity index (χ4v) is 1.98. The Balaban J connectivity index is 2.31. The summed E-state index contributed by atoms with van der Waals surface area (Å²) in [5, 5.41) is 0. The molecule has 0 fully saturated rings. The van der Waals surface area contributed by atoms with Gasteiger partial charge in [0.2, 0.25) is 0 Å². The standard InChI is InChI=1S/C10H14O/c1-7-5-8(2)9-3-4-11-10(9)6-7/h5,7H,3-4,6H2,1-2H3. The molecule has 1 heteroatoms. The predicted molar refractivity (Wildman–Crippen MR) is 45.1 cm³/mol. The molecule has 1 atom stereocenters. The molecule has 2 aliphatic rings. The lowest BCUT2D eigenvalue weighted by molar-refractivity contribution is 0.228. The van der Waals surface area contributed by atoms with Crippen LogP contribution in [0.1, 0.15) is 26.7 Å². The van der Waals surface area contributed by atoms with E-state index in [-0.39, 0.29) is 0 Å². The number of rotatable bonds is 0. The minimum atomic E-state index is 0.673. The second-order valence-corrected chi connectivity index (χ2v) is 3.53. The minimum absolute atomic E-state index is 0.673. The monoisotopic (exact) mass is 150 g/mol. The second-order valence-electron chi connectivity index (χ2n) is 3.53. The summed E-state index contributed by atoms with van der Waals surface area (Å²) < 4.78 is 5.54. The Morgan fingerprint density at radius 3 is 3.18 bits per heavy atom. The molecule has 0 aromatic carbocycles. The van der Waals surface area contributed by atoms with Crippen LogP contribution in [0.25, 0.3) is 0 Å². The van der Waals surface area contributed by atoms with Gasteiger partial charge >= 0.3 is 0 Å². The van der Waals surface area contributed by atoms with Crippen molar-refractivity contribution in [2.45, 2.75) is 26.7 Å². The first-order valence-corrected chi connectivity index (χ1v) is 4.31. The van der Waals surface area contributed by atoms with E-state index >= 15 is 0 Å². The van der Waals surface area contributed by atoms with Crippen LogP contribution in [0.5, 0.6) is 0 Å². The van der Waals surface area contributed by atoms with Crippen molar-refractivity contribution in [1.29, 1.82) is 0 Å². The summed E-state index contributed by atoms with van der Waals surface area (Å²) in [6.07, 6.45) is 4.60. The van der Waals surface area contributed by atoms with Crippen molar-refractivity contribution in [3.05, 3.63) is 23.0 Å². The third-order valence-corrected chi connectivity index (χ3v) is 2.48. The molecular weight excluding hydrogens is 136 g/mol. The Kier molecular flexibility index (Phi) is 1.52. The van der Waals surface area contributed by atoms with Gasteiger partial charge in [-0.15, -0.1) is 0 Å². The van der Waals surface area contributed by atoms with Crippen molar-refractivity contribution < 1.29 is 4.74 Å². The quantitative estimate of drug-likeness (QED) is 0.516. The molecule has 0 aromatic heterocycles. The maximum atomic E-state index is 5.54. The molecule has 1 heterocycles. The summed E-state index contributed by atoms with van der Waals surface area (Å²) in [6.45, 7) is 5.34. The van der Waals surface area contributed by atoms with Crippen LogP contribution in [0, 0.1) is 5.92 Å². The van der Waals surface area contributed by atoms with Gasteiger partial charge in [-0.25, -0.2) is 0 Å². The molecular formula is C10H14O.